The first-order chi connectivity index (χ1) is 5.00. The van der Waals surface area contributed by atoms with Crippen molar-refractivity contribution < 1.29 is 17.4 Å². The molecule has 0 nitrogen and oxygen atoms in total. The Hall–Kier alpha value is -0.768. The van der Waals surface area contributed by atoms with Gasteiger partial charge in [0.15, 0.2) is 0 Å². The molecule has 0 atom stereocenters. The van der Waals surface area contributed by atoms with E-state index >= 15 is 0 Å². The maximum Gasteiger partial charge on any atom is 2.00 e. The average Bonchev–Trinajstić information content (AvgIpc) is 2.67. The fourth-order valence-corrected chi connectivity index (χ4v) is 0.361. The van der Waals surface area contributed by atoms with E-state index in [0.29, 0.717) is 0 Å². The Balaban J connectivity index is 0.000000167. The zero-order valence-electron chi connectivity index (χ0n) is 5.56. The Labute approximate surface area is 78.3 Å². The molecule has 0 N–H and O–H groups in total. The molecule has 56 valence electrons. The van der Waals surface area contributed by atoms with Gasteiger partial charge >= 0.3 is 17.4 Å². The van der Waals surface area contributed by atoms with E-state index in [1.165, 1.54) is 0 Å². The van der Waals surface area contributed by atoms with Crippen molar-refractivity contribution in [1.82, 2.24) is 0 Å². The minimum Gasteiger partial charge on any atom is -0.999 e. The van der Waals surface area contributed by atoms with Gasteiger partial charge in [-0.05, 0) is 0 Å². The predicted octanol–water partition coefficient (Wildman–Crippen LogP) is 1.21. The molecule has 0 bridgehead atoms. The quantitative estimate of drug-likeness (QED) is 0.526. The van der Waals surface area contributed by atoms with Crippen molar-refractivity contribution in [3.8, 4) is 0 Å². The van der Waals surface area contributed by atoms with Crippen LogP contribution in [0.15, 0.2) is 12.1 Å². The van der Waals surface area contributed by atoms with Crippen molar-refractivity contribution in [3.05, 3.63) is 60.7 Å². The van der Waals surface area contributed by atoms with Crippen molar-refractivity contribution in [2.45, 2.75) is 0 Å². The molecule has 0 aliphatic rings. The first-order valence-electron chi connectivity index (χ1n) is 2.65. The Kier molecular flexibility index (Phi) is 6.83. The smallest absolute Gasteiger partial charge is 0.999 e. The normalized spacial score (nSPS) is 7.27. The van der Waals surface area contributed by atoms with E-state index in [9.17, 15) is 0 Å². The molecule has 0 fully saturated rings. The van der Waals surface area contributed by atoms with Crippen LogP contribution in [0.1, 0.15) is 0 Å². The summed E-state index contributed by atoms with van der Waals surface area (Å²) in [6, 6.07) is 24.0. The number of hydrogen-bond acceptors (Lipinski definition) is 0. The fourth-order valence-electron chi connectivity index (χ4n) is 0.361. The average molecular weight is 174 g/mol. The number of hydrogen-bond donors (Lipinski definition) is 0. The molecule has 0 unspecified atom stereocenters. The van der Waals surface area contributed by atoms with Gasteiger partial charge in [-0.15, -0.1) is 0 Å². The van der Waals surface area contributed by atoms with Crippen LogP contribution in [0.4, 0.5) is 0 Å². The third kappa shape index (κ3) is 5.67. The van der Waals surface area contributed by atoms with E-state index in [1.807, 2.05) is 0 Å². The minimum absolute atomic E-state index is 0. The largest absolute Gasteiger partial charge is 2.00 e. The first-order valence-corrected chi connectivity index (χ1v) is 2.65. The first kappa shape index (κ1) is 10.2. The molecule has 0 aliphatic heterocycles. The standard InChI is InChI=1S/2C5H.Cr/c2*1-2-4-5-3-1;/h2*1H;/q2*-5;+2. The Morgan fingerprint density at radius 2 is 0.818 bits per heavy atom. The van der Waals surface area contributed by atoms with Crippen LogP contribution in [0.5, 0.6) is 0 Å². The van der Waals surface area contributed by atoms with Gasteiger partial charge in [-0.1, -0.05) is 0 Å². The minimum atomic E-state index is 0. The number of rotatable bonds is 0. The molecule has 2 aromatic carbocycles. The molecule has 11 heavy (non-hydrogen) atoms. The van der Waals surface area contributed by atoms with Crippen LogP contribution in [0.2, 0.25) is 0 Å². The molecule has 0 aromatic heterocycles. The van der Waals surface area contributed by atoms with Gasteiger partial charge in [0.1, 0.15) is 0 Å². The summed E-state index contributed by atoms with van der Waals surface area (Å²) in [7, 11) is 0. The zero-order valence-corrected chi connectivity index (χ0v) is 6.84. The summed E-state index contributed by atoms with van der Waals surface area (Å²) in [4.78, 5) is 0. The van der Waals surface area contributed by atoms with Crippen LogP contribution in [-0.2, 0) is 17.4 Å². The maximum atomic E-state index is 2.62. The molecule has 0 radical (unpaired) electrons. The van der Waals surface area contributed by atoms with Gasteiger partial charge in [0, 0.05) is 0 Å². The Morgan fingerprint density at radius 1 is 0.545 bits per heavy atom. The van der Waals surface area contributed by atoms with Gasteiger partial charge in [0.2, 0.25) is 0 Å². The van der Waals surface area contributed by atoms with E-state index in [1.54, 1.807) is 12.1 Å². The van der Waals surface area contributed by atoms with Gasteiger partial charge in [-0.2, -0.15) is 0 Å². The second-order valence-electron chi connectivity index (χ2n) is 1.37. The van der Waals surface area contributed by atoms with Crippen molar-refractivity contribution in [1.29, 1.82) is 0 Å². The van der Waals surface area contributed by atoms with E-state index in [2.05, 4.69) is 48.5 Å². The van der Waals surface area contributed by atoms with Gasteiger partial charge < -0.3 is 60.7 Å². The Bertz CT molecular complexity index is 144. The summed E-state index contributed by atoms with van der Waals surface area (Å²) in [6.07, 6.45) is 0. The second kappa shape index (κ2) is 7.34. The van der Waals surface area contributed by atoms with Crippen molar-refractivity contribution >= 4 is 0 Å². The Morgan fingerprint density at radius 3 is 0.909 bits per heavy atom. The predicted molar refractivity (Wildman–Crippen MR) is 34.8 cm³/mol. The van der Waals surface area contributed by atoms with E-state index in [4.69, 9.17) is 0 Å². The van der Waals surface area contributed by atoms with Gasteiger partial charge in [-0.3, -0.25) is 0 Å². The SMILES string of the molecule is [Cr+2].[c-]1[c-][c-][cH-][c-]1.[c-]1[c-][c-][cH-][c-]1. The molecular formula is C10H2Cr-8. The van der Waals surface area contributed by atoms with Crippen LogP contribution < -0.4 is 0 Å². The van der Waals surface area contributed by atoms with Crippen LogP contribution >= 0.6 is 0 Å². The van der Waals surface area contributed by atoms with Gasteiger partial charge in [0.25, 0.3) is 0 Å². The summed E-state index contributed by atoms with van der Waals surface area (Å²) < 4.78 is 0. The van der Waals surface area contributed by atoms with Crippen LogP contribution in [0.3, 0.4) is 0 Å². The van der Waals surface area contributed by atoms with E-state index in [-0.39, 0.29) is 17.4 Å². The summed E-state index contributed by atoms with van der Waals surface area (Å²) in [5.41, 5.74) is 0. The summed E-state index contributed by atoms with van der Waals surface area (Å²) >= 11 is 0. The monoisotopic (exact) mass is 174 g/mol. The molecular weight excluding hydrogens is 172 g/mol. The molecule has 2 aromatic rings. The van der Waals surface area contributed by atoms with E-state index in [0.717, 1.165) is 0 Å². The third-order valence-corrected chi connectivity index (χ3v) is 0.702. The molecule has 0 aliphatic carbocycles. The maximum absolute atomic E-state index is 2.62. The summed E-state index contributed by atoms with van der Waals surface area (Å²) in [6.45, 7) is 0. The summed E-state index contributed by atoms with van der Waals surface area (Å²) in [5.74, 6) is 0. The van der Waals surface area contributed by atoms with E-state index < -0.39 is 0 Å². The van der Waals surface area contributed by atoms with Gasteiger partial charge in [-0.25, -0.2) is 0 Å². The molecule has 0 spiro atoms. The molecule has 0 saturated heterocycles. The molecule has 2 rings (SSSR count). The topological polar surface area (TPSA) is 0 Å². The van der Waals surface area contributed by atoms with Gasteiger partial charge in [0.05, 0.1) is 0 Å². The van der Waals surface area contributed by atoms with Crippen molar-refractivity contribution in [2.75, 3.05) is 0 Å². The fraction of sp³-hybridized carbons (Fsp3) is 0. The van der Waals surface area contributed by atoms with Crippen molar-refractivity contribution in [3.63, 3.8) is 0 Å². The van der Waals surface area contributed by atoms with Crippen LogP contribution in [-0.4, -0.2) is 0 Å². The molecule has 0 amide bonds. The third-order valence-electron chi connectivity index (χ3n) is 0.702. The molecule has 0 heterocycles. The van der Waals surface area contributed by atoms with Crippen LogP contribution in [0, 0.1) is 48.5 Å². The van der Waals surface area contributed by atoms with Crippen LogP contribution in [0.25, 0.3) is 0 Å². The molecule has 0 saturated carbocycles. The second-order valence-corrected chi connectivity index (χ2v) is 1.37. The molecule has 1 heteroatoms. The zero-order chi connectivity index (χ0) is 7.07. The van der Waals surface area contributed by atoms with Crippen molar-refractivity contribution in [2.24, 2.45) is 0 Å². The summed E-state index contributed by atoms with van der Waals surface area (Å²) in [5, 5.41) is 0.